The number of rotatable bonds is 11. The molecule has 374 valence electrons. The molecule has 2 saturated heterocycles. The number of methoxy groups -OCH3 is 2. The molecule has 6 aromatic rings. The molecule has 72 heavy (non-hydrogen) atoms. The van der Waals surface area contributed by atoms with Crippen LogP contribution in [0.4, 0.5) is 14.4 Å². The summed E-state index contributed by atoms with van der Waals surface area (Å²) in [7, 11) is 2.56. The molecule has 10 rings (SSSR count). The van der Waals surface area contributed by atoms with Gasteiger partial charge < -0.3 is 49.7 Å². The van der Waals surface area contributed by atoms with Crippen LogP contribution in [0.5, 0.6) is 0 Å². The second-order valence-corrected chi connectivity index (χ2v) is 20.1. The molecule has 4 aromatic carbocycles. The van der Waals surface area contributed by atoms with E-state index in [1.54, 1.807) is 16.0 Å². The van der Waals surface area contributed by atoms with E-state index in [1.807, 2.05) is 68.0 Å². The number of carbonyl (C=O) groups is 5. The standard InChI is InChI=1S/C55H62N10O7/c1-31(2)47(60-53(68)71-5)51(66)64-24-10-17-45(64)49-57-26-44(59-49)41-16-9-14-39-37(13-8-15-40(39)41)34-18-21-35(22-19-34)43-25-56-50(58-43)46-29-63(30-65(46)52(67)48(32(3)4)61-54(69)72-6)55(70)62-27-36-23-20-33-11-7-12-38(33)42(36)28-62/h8-9,13-16,18-23,25-26,31-32,45-48H,7,10-12,17,24,27-30H2,1-6H3,(H,56,58)(H,57,59)(H,60,68)(H,61,69)/t45-,46-,47?,48-/m0/s1. The minimum atomic E-state index is -0.889. The maximum atomic E-state index is 14.5. The number of nitrogens with zero attached hydrogens (tertiary/aromatic N) is 6. The molecule has 6 amide bonds. The third-order valence-electron chi connectivity index (χ3n) is 15.0. The first-order valence-electron chi connectivity index (χ1n) is 25.0. The highest BCUT2D eigenvalue weighted by atomic mass is 16.5. The quantitative estimate of drug-likeness (QED) is 0.0984. The number of aromatic amines is 2. The van der Waals surface area contributed by atoms with Gasteiger partial charge >= 0.3 is 18.2 Å². The van der Waals surface area contributed by atoms with Crippen LogP contribution in [0, 0.1) is 11.8 Å². The van der Waals surface area contributed by atoms with Crippen LogP contribution in [0.3, 0.4) is 0 Å². The molecule has 17 heteroatoms. The Hall–Kier alpha value is -7.69. The lowest BCUT2D eigenvalue weighted by molar-refractivity contribution is -0.136. The second-order valence-electron chi connectivity index (χ2n) is 20.1. The van der Waals surface area contributed by atoms with E-state index < -0.39 is 30.3 Å². The molecule has 0 bridgehead atoms. The number of H-pyrrole nitrogens is 2. The number of urea groups is 1. The summed E-state index contributed by atoms with van der Waals surface area (Å²) in [6.07, 6.45) is 7.05. The number of likely N-dealkylation sites (tertiary alicyclic amines) is 1. The molecule has 3 aliphatic heterocycles. The first kappa shape index (κ1) is 48.0. The first-order chi connectivity index (χ1) is 34.8. The van der Waals surface area contributed by atoms with E-state index in [4.69, 9.17) is 19.4 Å². The lowest BCUT2D eigenvalue weighted by atomic mass is 9.94. The van der Waals surface area contributed by atoms with Gasteiger partial charge in [0.1, 0.15) is 29.8 Å². The van der Waals surface area contributed by atoms with Gasteiger partial charge in [-0.2, -0.15) is 0 Å². The van der Waals surface area contributed by atoms with Crippen molar-refractivity contribution in [2.24, 2.45) is 11.8 Å². The zero-order chi connectivity index (χ0) is 50.4. The van der Waals surface area contributed by atoms with Gasteiger partial charge in [0.05, 0.1) is 57.3 Å². The van der Waals surface area contributed by atoms with Crippen molar-refractivity contribution in [2.75, 3.05) is 34.0 Å². The number of hydrogen-bond acceptors (Lipinski definition) is 9. The molecule has 2 aromatic heterocycles. The number of amides is 6. The van der Waals surface area contributed by atoms with E-state index in [1.165, 1.54) is 36.5 Å². The van der Waals surface area contributed by atoms with E-state index in [0.717, 1.165) is 76.5 Å². The Labute approximate surface area is 418 Å². The van der Waals surface area contributed by atoms with Crippen molar-refractivity contribution in [2.45, 2.75) is 97.1 Å². The van der Waals surface area contributed by atoms with E-state index in [0.29, 0.717) is 31.3 Å². The average molecular weight is 975 g/mol. The fourth-order valence-corrected chi connectivity index (χ4v) is 11.2. The van der Waals surface area contributed by atoms with Gasteiger partial charge in [0, 0.05) is 25.2 Å². The Morgan fingerprint density at radius 3 is 1.90 bits per heavy atom. The number of aromatic nitrogens is 4. The van der Waals surface area contributed by atoms with E-state index in [2.05, 4.69) is 69.1 Å². The van der Waals surface area contributed by atoms with Crippen LogP contribution < -0.4 is 10.6 Å². The molecule has 4 N–H and O–H groups in total. The lowest BCUT2D eigenvalue weighted by Crippen LogP contribution is -2.52. The average Bonchev–Trinajstić information content (AvgIpc) is 4.26. The zero-order valence-electron chi connectivity index (χ0n) is 41.7. The number of aryl methyl sites for hydroxylation is 1. The molecular formula is C55H62N10O7. The van der Waals surface area contributed by atoms with Crippen molar-refractivity contribution >= 4 is 40.8 Å². The Kier molecular flexibility index (Phi) is 13.2. The number of alkyl carbamates (subject to hydrolysis) is 2. The maximum Gasteiger partial charge on any atom is 0.407 e. The van der Waals surface area contributed by atoms with Gasteiger partial charge in [-0.15, -0.1) is 0 Å². The zero-order valence-corrected chi connectivity index (χ0v) is 41.7. The molecule has 2 fully saturated rings. The van der Waals surface area contributed by atoms with Crippen molar-refractivity contribution in [3.05, 3.63) is 119 Å². The van der Waals surface area contributed by atoms with Crippen molar-refractivity contribution in [3.8, 4) is 33.6 Å². The minimum absolute atomic E-state index is 0.0367. The molecule has 0 spiro atoms. The monoisotopic (exact) mass is 974 g/mol. The summed E-state index contributed by atoms with van der Waals surface area (Å²) in [6, 6.07) is 22.5. The SMILES string of the molecule is COC(=O)NC(C(=O)N1CCC[C@H]1c1ncc(-c2cccc3c(-c4ccc(-c5cnc([C@@H]6CN(C(=O)N7Cc8ccc9c(c8C7)CCC9)CN6C(=O)[C@@H](NC(=O)OC)C(C)C)[nH]5)cc4)cccc23)[nH]1)C(C)C. The van der Waals surface area contributed by atoms with Crippen LogP contribution in [-0.4, -0.2) is 116 Å². The molecule has 5 heterocycles. The molecular weight excluding hydrogens is 913 g/mol. The van der Waals surface area contributed by atoms with Crippen LogP contribution in [0.15, 0.2) is 85.2 Å². The van der Waals surface area contributed by atoms with Crippen LogP contribution >= 0.6 is 0 Å². The largest absolute Gasteiger partial charge is 0.453 e. The third-order valence-corrected chi connectivity index (χ3v) is 15.0. The van der Waals surface area contributed by atoms with Gasteiger partial charge in [-0.25, -0.2) is 24.4 Å². The predicted octanol–water partition coefficient (Wildman–Crippen LogP) is 8.48. The van der Waals surface area contributed by atoms with Crippen molar-refractivity contribution < 1.29 is 33.4 Å². The molecule has 0 radical (unpaired) electrons. The predicted molar refractivity (Wildman–Crippen MR) is 271 cm³/mol. The number of carbonyl (C=O) groups excluding carboxylic acids is 5. The van der Waals surface area contributed by atoms with Gasteiger partial charge in [0.25, 0.3) is 0 Å². The van der Waals surface area contributed by atoms with Crippen LogP contribution in [0.2, 0.25) is 0 Å². The van der Waals surface area contributed by atoms with Crippen molar-refractivity contribution in [1.82, 2.24) is 50.2 Å². The summed E-state index contributed by atoms with van der Waals surface area (Å²) < 4.78 is 9.70. The molecule has 4 atom stereocenters. The Morgan fingerprint density at radius 1 is 0.625 bits per heavy atom. The smallest absolute Gasteiger partial charge is 0.407 e. The Balaban J connectivity index is 0.881. The highest BCUT2D eigenvalue weighted by Gasteiger charge is 2.44. The number of nitrogens with one attached hydrogen (secondary N) is 4. The topological polar surface area (TPSA) is 198 Å². The summed E-state index contributed by atoms with van der Waals surface area (Å²) >= 11 is 0. The van der Waals surface area contributed by atoms with Gasteiger partial charge in [-0.3, -0.25) is 9.59 Å². The van der Waals surface area contributed by atoms with E-state index in [9.17, 15) is 24.0 Å². The molecule has 17 nitrogen and oxygen atoms in total. The third kappa shape index (κ3) is 9.00. The fourth-order valence-electron chi connectivity index (χ4n) is 11.2. The first-order valence-corrected chi connectivity index (χ1v) is 25.0. The molecule has 0 saturated carbocycles. The van der Waals surface area contributed by atoms with Crippen LogP contribution in [0.1, 0.15) is 92.9 Å². The van der Waals surface area contributed by atoms with Gasteiger partial charge in [0.15, 0.2) is 0 Å². The summed E-state index contributed by atoms with van der Waals surface area (Å²) in [5.74, 6) is 0.354. The van der Waals surface area contributed by atoms with E-state index in [-0.39, 0.29) is 48.9 Å². The van der Waals surface area contributed by atoms with Gasteiger partial charge in [0.2, 0.25) is 11.8 Å². The fraction of sp³-hybridized carbons (Fsp3) is 0.400. The lowest BCUT2D eigenvalue weighted by Gasteiger charge is -2.30. The molecule has 4 aliphatic rings. The van der Waals surface area contributed by atoms with Crippen LogP contribution in [-0.2, 0) is 45.0 Å². The summed E-state index contributed by atoms with van der Waals surface area (Å²) in [6.45, 7) is 9.41. The number of imidazole rings is 2. The number of ether oxygens (including phenoxy) is 2. The summed E-state index contributed by atoms with van der Waals surface area (Å²) in [5, 5.41) is 7.54. The highest BCUT2D eigenvalue weighted by molar-refractivity contribution is 6.04. The Morgan fingerprint density at radius 2 is 1.22 bits per heavy atom. The second kappa shape index (κ2) is 19.8. The minimum Gasteiger partial charge on any atom is -0.453 e. The maximum absolute atomic E-state index is 14.5. The van der Waals surface area contributed by atoms with E-state index >= 15 is 0 Å². The number of fused-ring (bicyclic) bond motifs is 4. The summed E-state index contributed by atoms with van der Waals surface area (Å²) in [4.78, 5) is 90.9. The van der Waals surface area contributed by atoms with Crippen molar-refractivity contribution in [1.29, 1.82) is 0 Å². The number of benzene rings is 4. The van der Waals surface area contributed by atoms with Gasteiger partial charge in [-0.1, -0.05) is 100 Å². The molecule has 1 aliphatic carbocycles. The number of hydrogen-bond donors (Lipinski definition) is 4. The van der Waals surface area contributed by atoms with Crippen LogP contribution in [0.25, 0.3) is 44.4 Å². The highest BCUT2D eigenvalue weighted by Crippen LogP contribution is 2.39. The van der Waals surface area contributed by atoms with Crippen molar-refractivity contribution in [3.63, 3.8) is 0 Å². The Bertz CT molecular complexity index is 3050. The summed E-state index contributed by atoms with van der Waals surface area (Å²) in [5.41, 5.74) is 10.7. The normalized spacial score (nSPS) is 18.2. The van der Waals surface area contributed by atoms with Gasteiger partial charge in [-0.05, 0) is 93.7 Å². The molecule has 1 unspecified atom stereocenters.